The first-order chi connectivity index (χ1) is 11.7. The number of amides is 2. The van der Waals surface area contributed by atoms with Gasteiger partial charge in [-0.15, -0.1) is 0 Å². The smallest absolute Gasteiger partial charge is 0.261 e. The highest BCUT2D eigenvalue weighted by molar-refractivity contribution is 6.21. The molecule has 5 heteroatoms. The van der Waals surface area contributed by atoms with Crippen LogP contribution in [-0.2, 0) is 6.42 Å². The molecule has 24 heavy (non-hydrogen) atoms. The Morgan fingerprint density at radius 2 is 1.83 bits per heavy atom. The van der Waals surface area contributed by atoms with Gasteiger partial charge in [0.1, 0.15) is 0 Å². The quantitative estimate of drug-likeness (QED) is 0.815. The Hall–Kier alpha value is -2.69. The number of aryl methyl sites for hydroxylation is 1. The molecule has 0 saturated heterocycles. The number of imide groups is 1. The van der Waals surface area contributed by atoms with Crippen molar-refractivity contribution in [1.82, 2.24) is 9.88 Å². The Morgan fingerprint density at radius 3 is 2.50 bits per heavy atom. The molecule has 0 radical (unpaired) electrons. The van der Waals surface area contributed by atoms with Gasteiger partial charge in [-0.3, -0.25) is 14.5 Å². The molecule has 1 aliphatic carbocycles. The minimum atomic E-state index is -0.203. The molecule has 0 N–H and O–H groups in total. The number of benzene rings is 1. The van der Waals surface area contributed by atoms with E-state index in [0.717, 1.165) is 25.0 Å². The predicted octanol–water partition coefficient (Wildman–Crippen LogP) is 2.81. The molecule has 1 atom stereocenters. The van der Waals surface area contributed by atoms with E-state index < -0.39 is 0 Å². The summed E-state index contributed by atoms with van der Waals surface area (Å²) in [7, 11) is 1.59. The van der Waals surface area contributed by atoms with Gasteiger partial charge in [-0.05, 0) is 37.0 Å². The lowest BCUT2D eigenvalue weighted by atomic mass is 9.86. The van der Waals surface area contributed by atoms with Crippen LogP contribution >= 0.6 is 0 Å². The summed E-state index contributed by atoms with van der Waals surface area (Å²) < 4.78 is 5.23. The van der Waals surface area contributed by atoms with E-state index in [4.69, 9.17) is 4.74 Å². The fraction of sp³-hybridized carbons (Fsp3) is 0.316. The SMILES string of the molecule is COc1ccc2c(n1)[C@@H](CN1C(=O)c3ccccc3C1=O)CCC2. The van der Waals surface area contributed by atoms with Gasteiger partial charge in [-0.1, -0.05) is 18.2 Å². The molecular formula is C19H18N2O3. The number of hydrogen-bond acceptors (Lipinski definition) is 4. The lowest BCUT2D eigenvalue weighted by Crippen LogP contribution is -2.35. The largest absolute Gasteiger partial charge is 0.481 e. The van der Waals surface area contributed by atoms with Gasteiger partial charge in [-0.2, -0.15) is 0 Å². The molecule has 2 aromatic rings. The highest BCUT2D eigenvalue weighted by atomic mass is 16.5. The van der Waals surface area contributed by atoms with E-state index in [0.29, 0.717) is 23.6 Å². The molecule has 0 unspecified atom stereocenters. The van der Waals surface area contributed by atoms with Crippen molar-refractivity contribution in [3.63, 3.8) is 0 Å². The molecule has 2 aliphatic rings. The molecule has 1 aromatic carbocycles. The van der Waals surface area contributed by atoms with Crippen molar-refractivity contribution in [2.45, 2.75) is 25.2 Å². The second-order valence-corrected chi connectivity index (χ2v) is 6.25. The van der Waals surface area contributed by atoms with Crippen LogP contribution in [0.2, 0.25) is 0 Å². The van der Waals surface area contributed by atoms with Crippen LogP contribution in [0.3, 0.4) is 0 Å². The third-order valence-electron chi connectivity index (χ3n) is 4.86. The summed E-state index contributed by atoms with van der Waals surface area (Å²) in [4.78, 5) is 31.1. The van der Waals surface area contributed by atoms with Gasteiger partial charge in [0.2, 0.25) is 5.88 Å². The zero-order valence-electron chi connectivity index (χ0n) is 13.5. The van der Waals surface area contributed by atoms with E-state index in [1.54, 1.807) is 31.4 Å². The van der Waals surface area contributed by atoms with Crippen LogP contribution in [0.15, 0.2) is 36.4 Å². The minimum Gasteiger partial charge on any atom is -0.481 e. The Morgan fingerprint density at radius 1 is 1.12 bits per heavy atom. The van der Waals surface area contributed by atoms with E-state index >= 15 is 0 Å². The summed E-state index contributed by atoms with van der Waals surface area (Å²) in [6, 6.07) is 10.9. The number of aromatic nitrogens is 1. The van der Waals surface area contributed by atoms with Gasteiger partial charge in [-0.25, -0.2) is 4.98 Å². The van der Waals surface area contributed by atoms with Crippen molar-refractivity contribution in [3.05, 3.63) is 58.8 Å². The van der Waals surface area contributed by atoms with E-state index in [-0.39, 0.29) is 17.7 Å². The van der Waals surface area contributed by atoms with E-state index in [9.17, 15) is 9.59 Å². The van der Waals surface area contributed by atoms with Gasteiger partial charge in [0.25, 0.3) is 11.8 Å². The third-order valence-corrected chi connectivity index (χ3v) is 4.86. The number of carbonyl (C=O) groups excluding carboxylic acids is 2. The summed E-state index contributed by atoms with van der Waals surface area (Å²) in [5, 5.41) is 0. The Balaban J connectivity index is 1.64. The van der Waals surface area contributed by atoms with Crippen LogP contribution < -0.4 is 4.74 Å². The highest BCUT2D eigenvalue weighted by Crippen LogP contribution is 2.34. The number of methoxy groups -OCH3 is 1. The Bertz CT molecular complexity index is 796. The van der Waals surface area contributed by atoms with Crippen LogP contribution in [0.4, 0.5) is 0 Å². The maximum Gasteiger partial charge on any atom is 0.261 e. The number of carbonyl (C=O) groups is 2. The summed E-state index contributed by atoms with van der Waals surface area (Å²) in [5.41, 5.74) is 3.13. The van der Waals surface area contributed by atoms with Crippen LogP contribution in [-0.4, -0.2) is 35.4 Å². The molecule has 2 amide bonds. The van der Waals surface area contributed by atoms with Crippen molar-refractivity contribution in [2.24, 2.45) is 0 Å². The molecule has 4 rings (SSSR count). The number of nitrogens with zero attached hydrogens (tertiary/aromatic N) is 2. The standard InChI is InChI=1S/C19H18N2O3/c1-24-16-10-9-12-5-4-6-13(17(12)20-16)11-21-18(22)14-7-2-3-8-15(14)19(21)23/h2-3,7-10,13H,4-6,11H2,1H3/t13-/m1/s1. The molecule has 0 fully saturated rings. The van der Waals surface area contributed by atoms with Crippen molar-refractivity contribution in [3.8, 4) is 5.88 Å². The normalized spacial score (nSPS) is 19.2. The minimum absolute atomic E-state index is 0.0612. The van der Waals surface area contributed by atoms with Gasteiger partial charge < -0.3 is 4.74 Å². The summed E-state index contributed by atoms with van der Waals surface area (Å²) >= 11 is 0. The molecule has 1 aliphatic heterocycles. The monoisotopic (exact) mass is 322 g/mol. The maximum atomic E-state index is 12.6. The molecule has 0 spiro atoms. The average molecular weight is 322 g/mol. The third kappa shape index (κ3) is 2.28. The number of fused-ring (bicyclic) bond motifs is 2. The second kappa shape index (κ2) is 5.74. The lowest BCUT2D eigenvalue weighted by molar-refractivity contribution is 0.0640. The van der Waals surface area contributed by atoms with Crippen molar-refractivity contribution in [2.75, 3.05) is 13.7 Å². The Kier molecular flexibility index (Phi) is 3.56. The summed E-state index contributed by atoms with van der Waals surface area (Å²) in [6.45, 7) is 0.375. The molecule has 2 heterocycles. The Labute approximate surface area is 140 Å². The van der Waals surface area contributed by atoms with Crippen molar-refractivity contribution in [1.29, 1.82) is 0 Å². The number of rotatable bonds is 3. The predicted molar refractivity (Wildman–Crippen MR) is 88.3 cm³/mol. The fourth-order valence-electron chi connectivity index (χ4n) is 3.64. The van der Waals surface area contributed by atoms with Gasteiger partial charge >= 0.3 is 0 Å². The number of ether oxygens (including phenoxy) is 1. The van der Waals surface area contributed by atoms with Crippen LogP contribution in [0.25, 0.3) is 0 Å². The lowest BCUT2D eigenvalue weighted by Gasteiger charge is -2.27. The molecule has 122 valence electrons. The zero-order chi connectivity index (χ0) is 16.7. The molecule has 5 nitrogen and oxygen atoms in total. The van der Waals surface area contributed by atoms with E-state index in [1.807, 2.05) is 12.1 Å². The van der Waals surface area contributed by atoms with Gasteiger partial charge in [0.05, 0.1) is 23.9 Å². The van der Waals surface area contributed by atoms with E-state index in [1.165, 1.54) is 10.5 Å². The van der Waals surface area contributed by atoms with Crippen molar-refractivity contribution < 1.29 is 14.3 Å². The fourth-order valence-corrected chi connectivity index (χ4v) is 3.64. The molecule has 0 saturated carbocycles. The first kappa shape index (κ1) is 14.9. The first-order valence-corrected chi connectivity index (χ1v) is 8.18. The zero-order valence-corrected chi connectivity index (χ0v) is 13.5. The van der Waals surface area contributed by atoms with Crippen LogP contribution in [0, 0.1) is 0 Å². The van der Waals surface area contributed by atoms with Crippen LogP contribution in [0.1, 0.15) is 50.7 Å². The number of pyridine rings is 1. The average Bonchev–Trinajstić information content (AvgIpc) is 2.87. The van der Waals surface area contributed by atoms with E-state index in [2.05, 4.69) is 4.98 Å². The summed E-state index contributed by atoms with van der Waals surface area (Å²) in [5.74, 6) is 0.227. The topological polar surface area (TPSA) is 59.5 Å². The van der Waals surface area contributed by atoms with Gasteiger partial charge in [0, 0.05) is 18.5 Å². The number of hydrogen-bond donors (Lipinski definition) is 0. The van der Waals surface area contributed by atoms with Gasteiger partial charge in [0.15, 0.2) is 0 Å². The van der Waals surface area contributed by atoms with Crippen molar-refractivity contribution >= 4 is 11.8 Å². The molecule has 1 aromatic heterocycles. The second-order valence-electron chi connectivity index (χ2n) is 6.25. The van der Waals surface area contributed by atoms with Crippen LogP contribution in [0.5, 0.6) is 5.88 Å². The first-order valence-electron chi connectivity index (χ1n) is 8.18. The summed E-state index contributed by atoms with van der Waals surface area (Å²) in [6.07, 6.45) is 2.93. The molecule has 0 bridgehead atoms. The maximum absolute atomic E-state index is 12.6. The molecular weight excluding hydrogens is 304 g/mol. The highest BCUT2D eigenvalue weighted by Gasteiger charge is 2.37.